The van der Waals surface area contributed by atoms with Crippen molar-refractivity contribution in [1.29, 1.82) is 0 Å². The van der Waals surface area contributed by atoms with Gasteiger partial charge in [0, 0.05) is 39.2 Å². The fourth-order valence-corrected chi connectivity index (χ4v) is 2.46. The molecule has 7 heteroatoms. The van der Waals surface area contributed by atoms with Gasteiger partial charge in [0.05, 0.1) is 24.3 Å². The predicted octanol–water partition coefficient (Wildman–Crippen LogP) is 1.47. The first-order valence-corrected chi connectivity index (χ1v) is 7.75. The lowest BCUT2D eigenvalue weighted by atomic mass is 10.1. The zero-order chi connectivity index (χ0) is 16.8. The lowest BCUT2D eigenvalue weighted by molar-refractivity contribution is 0.684. The lowest BCUT2D eigenvalue weighted by Crippen LogP contribution is -2.36. The molecule has 0 spiro atoms. The molecule has 0 radical (unpaired) electrons. The second-order valence-electron chi connectivity index (χ2n) is 5.32. The van der Waals surface area contributed by atoms with Gasteiger partial charge in [-0.1, -0.05) is 18.2 Å². The molecule has 1 aromatic carbocycles. The first-order chi connectivity index (χ1) is 11.8. The summed E-state index contributed by atoms with van der Waals surface area (Å²) in [6.07, 6.45) is 7.30. The number of nitrogens with zero attached hydrogens (tertiary/aromatic N) is 5. The molecule has 0 aliphatic rings. The van der Waals surface area contributed by atoms with Crippen molar-refractivity contribution in [1.82, 2.24) is 30.0 Å². The van der Waals surface area contributed by atoms with E-state index in [0.717, 1.165) is 17.3 Å². The van der Waals surface area contributed by atoms with E-state index < -0.39 is 0 Å². The van der Waals surface area contributed by atoms with Crippen LogP contribution in [0.15, 0.2) is 60.2 Å². The van der Waals surface area contributed by atoms with Crippen LogP contribution < -0.4 is 10.6 Å². The number of imidazole rings is 1. The number of guanidine groups is 1. The Labute approximate surface area is 141 Å². The topological polar surface area (TPSA) is 72.1 Å². The number of rotatable bonds is 5. The van der Waals surface area contributed by atoms with Gasteiger partial charge < -0.3 is 15.2 Å². The molecule has 7 nitrogen and oxygen atoms in total. The van der Waals surface area contributed by atoms with E-state index in [1.807, 2.05) is 40.7 Å². The van der Waals surface area contributed by atoms with Crippen molar-refractivity contribution in [2.75, 3.05) is 7.05 Å². The van der Waals surface area contributed by atoms with Gasteiger partial charge in [-0.15, -0.1) is 0 Å². The Morgan fingerprint density at radius 1 is 1.12 bits per heavy atom. The van der Waals surface area contributed by atoms with Crippen LogP contribution in [0.4, 0.5) is 0 Å². The Kier molecular flexibility index (Phi) is 4.90. The number of para-hydroxylation sites is 1. The summed E-state index contributed by atoms with van der Waals surface area (Å²) in [6.45, 7) is 1.33. The Morgan fingerprint density at radius 2 is 1.96 bits per heavy atom. The summed E-state index contributed by atoms with van der Waals surface area (Å²) in [5.41, 5.74) is 3.36. The summed E-state index contributed by atoms with van der Waals surface area (Å²) in [6, 6.07) is 10.2. The molecule has 2 N–H and O–H groups in total. The molecular weight excluding hydrogens is 302 g/mol. The normalized spacial score (nSPS) is 11.5. The molecule has 0 bridgehead atoms. The van der Waals surface area contributed by atoms with Crippen LogP contribution in [-0.4, -0.2) is 32.3 Å². The van der Waals surface area contributed by atoms with E-state index in [9.17, 15) is 0 Å². The van der Waals surface area contributed by atoms with Crippen molar-refractivity contribution in [2.24, 2.45) is 12.0 Å². The maximum Gasteiger partial charge on any atom is 0.191 e. The molecule has 0 saturated carbocycles. The third-order valence-electron chi connectivity index (χ3n) is 3.80. The monoisotopic (exact) mass is 323 g/mol. The summed E-state index contributed by atoms with van der Waals surface area (Å²) in [4.78, 5) is 8.39. The van der Waals surface area contributed by atoms with E-state index in [2.05, 4.69) is 37.8 Å². The molecule has 24 heavy (non-hydrogen) atoms. The number of aryl methyl sites for hydroxylation is 1. The highest BCUT2D eigenvalue weighted by Crippen LogP contribution is 2.13. The number of benzene rings is 1. The fourth-order valence-electron chi connectivity index (χ4n) is 2.46. The van der Waals surface area contributed by atoms with Crippen LogP contribution in [-0.2, 0) is 20.1 Å². The Hall–Kier alpha value is -3.09. The number of hydrogen-bond donors (Lipinski definition) is 2. The van der Waals surface area contributed by atoms with Gasteiger partial charge in [0.1, 0.15) is 0 Å². The zero-order valence-corrected chi connectivity index (χ0v) is 13.8. The maximum atomic E-state index is 4.27. The molecule has 0 aliphatic heterocycles. The van der Waals surface area contributed by atoms with E-state index >= 15 is 0 Å². The third-order valence-corrected chi connectivity index (χ3v) is 3.80. The second kappa shape index (κ2) is 7.45. The van der Waals surface area contributed by atoms with Crippen molar-refractivity contribution < 1.29 is 0 Å². The number of nitrogens with one attached hydrogen (secondary N) is 2. The zero-order valence-electron chi connectivity index (χ0n) is 13.8. The largest absolute Gasteiger partial charge is 0.352 e. The predicted molar refractivity (Wildman–Crippen MR) is 93.8 cm³/mol. The number of aromatic nitrogens is 4. The summed E-state index contributed by atoms with van der Waals surface area (Å²) in [5, 5.41) is 10.8. The van der Waals surface area contributed by atoms with Crippen molar-refractivity contribution in [2.45, 2.75) is 13.1 Å². The quantitative estimate of drug-likeness (QED) is 0.551. The first kappa shape index (κ1) is 15.8. The van der Waals surface area contributed by atoms with Gasteiger partial charge in [-0.25, -0.2) is 4.98 Å². The highest BCUT2D eigenvalue weighted by atomic mass is 15.3. The number of aliphatic imine (C=N–C) groups is 1. The summed E-state index contributed by atoms with van der Waals surface area (Å²) >= 11 is 0. The molecular formula is C17H21N7. The second-order valence-corrected chi connectivity index (χ2v) is 5.32. The minimum atomic E-state index is 0.666. The lowest BCUT2D eigenvalue weighted by Gasteiger charge is -2.14. The number of hydrogen-bond acceptors (Lipinski definition) is 3. The molecule has 0 amide bonds. The highest BCUT2D eigenvalue weighted by Gasteiger charge is 2.05. The van der Waals surface area contributed by atoms with Crippen molar-refractivity contribution in [3.63, 3.8) is 0 Å². The maximum absolute atomic E-state index is 4.27. The van der Waals surface area contributed by atoms with Crippen LogP contribution in [0, 0.1) is 0 Å². The van der Waals surface area contributed by atoms with Crippen LogP contribution in [0.5, 0.6) is 0 Å². The molecule has 0 saturated heterocycles. The Balaban J connectivity index is 1.63. The molecule has 3 rings (SSSR count). The van der Waals surface area contributed by atoms with Crippen LogP contribution in [0.25, 0.3) is 5.69 Å². The van der Waals surface area contributed by atoms with E-state index in [1.54, 1.807) is 25.8 Å². The van der Waals surface area contributed by atoms with Crippen molar-refractivity contribution >= 4 is 5.96 Å². The van der Waals surface area contributed by atoms with E-state index in [0.29, 0.717) is 13.1 Å². The minimum absolute atomic E-state index is 0.666. The molecule has 2 aromatic heterocycles. The standard InChI is InChI=1S/C17H21N7/c1-18-17(21-12-15-7-8-22-23(15)2)20-11-14-5-3-4-6-16(14)24-10-9-19-13-24/h3-10,13H,11-12H2,1-2H3,(H2,18,20,21). The van der Waals surface area contributed by atoms with Gasteiger partial charge in [-0.2, -0.15) is 5.10 Å². The van der Waals surface area contributed by atoms with Crippen molar-refractivity contribution in [3.05, 3.63) is 66.5 Å². The average molecular weight is 323 g/mol. The third kappa shape index (κ3) is 3.62. The fraction of sp³-hybridized carbons (Fsp3) is 0.235. The van der Waals surface area contributed by atoms with E-state index in [1.165, 1.54) is 5.56 Å². The van der Waals surface area contributed by atoms with Gasteiger partial charge >= 0.3 is 0 Å². The van der Waals surface area contributed by atoms with Crippen LogP contribution in [0.3, 0.4) is 0 Å². The molecule has 3 aromatic rings. The average Bonchev–Trinajstić information content (AvgIpc) is 3.27. The molecule has 124 valence electrons. The first-order valence-electron chi connectivity index (χ1n) is 7.75. The molecule has 0 fully saturated rings. The van der Waals surface area contributed by atoms with Crippen LogP contribution >= 0.6 is 0 Å². The van der Waals surface area contributed by atoms with Gasteiger partial charge in [0.15, 0.2) is 5.96 Å². The van der Waals surface area contributed by atoms with Crippen molar-refractivity contribution in [3.8, 4) is 5.69 Å². The van der Waals surface area contributed by atoms with Gasteiger partial charge in [0.25, 0.3) is 0 Å². The summed E-state index contributed by atoms with van der Waals surface area (Å²) in [5.74, 6) is 0.747. The molecule has 0 unspecified atom stereocenters. The highest BCUT2D eigenvalue weighted by molar-refractivity contribution is 5.79. The van der Waals surface area contributed by atoms with Gasteiger partial charge in [-0.3, -0.25) is 9.67 Å². The molecule has 0 aliphatic carbocycles. The summed E-state index contributed by atoms with van der Waals surface area (Å²) < 4.78 is 3.84. The molecule has 2 heterocycles. The van der Waals surface area contributed by atoms with Crippen LogP contribution in [0.1, 0.15) is 11.3 Å². The van der Waals surface area contributed by atoms with Gasteiger partial charge in [-0.05, 0) is 17.7 Å². The van der Waals surface area contributed by atoms with E-state index in [-0.39, 0.29) is 0 Å². The van der Waals surface area contributed by atoms with Crippen LogP contribution in [0.2, 0.25) is 0 Å². The summed E-state index contributed by atoms with van der Waals surface area (Å²) in [7, 11) is 3.69. The Bertz CT molecular complexity index is 802. The molecule has 0 atom stereocenters. The SMILES string of the molecule is CN=C(NCc1ccccc1-n1ccnc1)NCc1ccnn1C. The minimum Gasteiger partial charge on any atom is -0.352 e. The smallest absolute Gasteiger partial charge is 0.191 e. The Morgan fingerprint density at radius 3 is 2.67 bits per heavy atom. The van der Waals surface area contributed by atoms with Gasteiger partial charge in [0.2, 0.25) is 0 Å². The van der Waals surface area contributed by atoms with E-state index in [4.69, 9.17) is 0 Å².